The predicted octanol–water partition coefficient (Wildman–Crippen LogP) is 1.58. The number of hydrogen-bond acceptors (Lipinski definition) is 3. The molecule has 2 aromatic rings. The highest BCUT2D eigenvalue weighted by Crippen LogP contribution is 2.15. The predicted molar refractivity (Wildman–Crippen MR) is 71.1 cm³/mol. The zero-order valence-electron chi connectivity index (χ0n) is 11.1. The molecule has 1 amide bonds. The first-order chi connectivity index (χ1) is 9.13. The molecule has 5 nitrogen and oxygen atoms in total. The van der Waals surface area contributed by atoms with E-state index in [2.05, 4.69) is 5.10 Å². The monoisotopic (exact) mass is 259 g/mol. The van der Waals surface area contributed by atoms with Crippen LogP contribution in [0.2, 0.25) is 0 Å². The highest BCUT2D eigenvalue weighted by atomic mass is 16.5. The molecule has 5 heteroatoms. The molecule has 1 fully saturated rings. The smallest absolute Gasteiger partial charge is 0.274 e. The van der Waals surface area contributed by atoms with Gasteiger partial charge < -0.3 is 9.64 Å². The van der Waals surface area contributed by atoms with Crippen LogP contribution in [-0.4, -0.2) is 45.7 Å². The summed E-state index contributed by atoms with van der Waals surface area (Å²) in [6, 6.07) is 7.60. The maximum absolute atomic E-state index is 12.5. The van der Waals surface area contributed by atoms with Crippen LogP contribution in [0.5, 0.6) is 0 Å². The molecule has 0 radical (unpaired) electrons. The van der Waals surface area contributed by atoms with Gasteiger partial charge in [0.1, 0.15) is 0 Å². The number of fused-ring (bicyclic) bond motifs is 1. The molecule has 1 aliphatic rings. The summed E-state index contributed by atoms with van der Waals surface area (Å²) >= 11 is 0. The molecule has 0 aliphatic carbocycles. The van der Waals surface area contributed by atoms with Crippen molar-refractivity contribution in [1.29, 1.82) is 0 Å². The Hall–Kier alpha value is -1.88. The number of pyridine rings is 1. The summed E-state index contributed by atoms with van der Waals surface area (Å²) < 4.78 is 7.36. The van der Waals surface area contributed by atoms with E-state index in [0.717, 1.165) is 5.52 Å². The first kappa shape index (κ1) is 12.2. The number of carbonyl (C=O) groups is 1. The third-order valence-electron chi connectivity index (χ3n) is 3.30. The summed E-state index contributed by atoms with van der Waals surface area (Å²) in [6.07, 6.45) is 1.99. The van der Waals surface area contributed by atoms with Gasteiger partial charge in [-0.15, -0.1) is 0 Å². The largest absolute Gasteiger partial charge is 0.372 e. The van der Waals surface area contributed by atoms with Crippen LogP contribution in [-0.2, 0) is 4.74 Å². The first-order valence-electron chi connectivity index (χ1n) is 6.52. The van der Waals surface area contributed by atoms with E-state index in [4.69, 9.17) is 4.74 Å². The van der Waals surface area contributed by atoms with E-state index in [1.54, 1.807) is 4.52 Å². The van der Waals surface area contributed by atoms with Gasteiger partial charge in [-0.1, -0.05) is 6.07 Å². The van der Waals surface area contributed by atoms with Crippen molar-refractivity contribution in [3.8, 4) is 0 Å². The molecule has 100 valence electrons. The fourth-order valence-electron chi connectivity index (χ4n) is 2.55. The van der Waals surface area contributed by atoms with Gasteiger partial charge in [-0.05, 0) is 32.0 Å². The van der Waals surface area contributed by atoms with Crippen LogP contribution in [0.4, 0.5) is 0 Å². The minimum absolute atomic E-state index is 0.0225. The second-order valence-corrected chi connectivity index (χ2v) is 5.07. The Balaban J connectivity index is 1.86. The molecule has 1 saturated heterocycles. The van der Waals surface area contributed by atoms with Crippen molar-refractivity contribution < 1.29 is 9.53 Å². The van der Waals surface area contributed by atoms with Crippen LogP contribution in [0.15, 0.2) is 30.5 Å². The van der Waals surface area contributed by atoms with E-state index >= 15 is 0 Å². The van der Waals surface area contributed by atoms with Crippen molar-refractivity contribution in [3.63, 3.8) is 0 Å². The fourth-order valence-corrected chi connectivity index (χ4v) is 2.55. The lowest BCUT2D eigenvalue weighted by Crippen LogP contribution is -2.48. The van der Waals surface area contributed by atoms with Crippen LogP contribution >= 0.6 is 0 Å². The van der Waals surface area contributed by atoms with E-state index in [9.17, 15) is 4.79 Å². The summed E-state index contributed by atoms with van der Waals surface area (Å²) in [5.74, 6) is -0.0225. The highest BCUT2D eigenvalue weighted by Gasteiger charge is 2.27. The van der Waals surface area contributed by atoms with E-state index in [-0.39, 0.29) is 18.1 Å². The van der Waals surface area contributed by atoms with E-state index in [1.165, 1.54) is 0 Å². The van der Waals surface area contributed by atoms with E-state index in [0.29, 0.717) is 18.8 Å². The zero-order chi connectivity index (χ0) is 13.4. The van der Waals surface area contributed by atoms with Crippen LogP contribution < -0.4 is 0 Å². The average molecular weight is 259 g/mol. The Morgan fingerprint density at radius 3 is 2.74 bits per heavy atom. The number of ether oxygens (including phenoxy) is 1. The Morgan fingerprint density at radius 2 is 2.05 bits per heavy atom. The highest BCUT2D eigenvalue weighted by molar-refractivity contribution is 5.93. The molecule has 0 saturated carbocycles. The van der Waals surface area contributed by atoms with Crippen LogP contribution in [0, 0.1) is 0 Å². The fraction of sp³-hybridized carbons (Fsp3) is 0.429. The number of nitrogens with zero attached hydrogens (tertiary/aromatic N) is 3. The lowest BCUT2D eigenvalue weighted by atomic mass is 10.2. The molecule has 1 aliphatic heterocycles. The van der Waals surface area contributed by atoms with Crippen molar-refractivity contribution in [2.45, 2.75) is 26.1 Å². The Labute approximate surface area is 111 Å². The third-order valence-corrected chi connectivity index (χ3v) is 3.30. The molecule has 3 rings (SSSR count). The second kappa shape index (κ2) is 4.66. The van der Waals surface area contributed by atoms with Crippen molar-refractivity contribution in [2.24, 2.45) is 0 Å². The molecule has 0 aromatic carbocycles. The Bertz CT molecular complexity index is 565. The molecule has 19 heavy (non-hydrogen) atoms. The standard InChI is InChI=1S/C14H17N3O2/c1-10-8-16(9-11(2)19-10)14(18)13-7-12-5-3-4-6-17(12)15-13/h3-7,10-11H,8-9H2,1-2H3. The minimum atomic E-state index is -0.0225. The van der Waals surface area contributed by atoms with Crippen molar-refractivity contribution >= 4 is 11.4 Å². The van der Waals surface area contributed by atoms with Crippen LogP contribution in [0.1, 0.15) is 24.3 Å². The molecule has 2 aromatic heterocycles. The lowest BCUT2D eigenvalue weighted by molar-refractivity contribution is -0.0587. The summed E-state index contributed by atoms with van der Waals surface area (Å²) in [4.78, 5) is 14.3. The molecular formula is C14H17N3O2. The van der Waals surface area contributed by atoms with Gasteiger partial charge in [0.05, 0.1) is 17.7 Å². The quantitative estimate of drug-likeness (QED) is 0.781. The summed E-state index contributed by atoms with van der Waals surface area (Å²) in [6.45, 7) is 5.22. The second-order valence-electron chi connectivity index (χ2n) is 5.07. The number of rotatable bonds is 1. The molecule has 3 heterocycles. The molecule has 2 unspecified atom stereocenters. The van der Waals surface area contributed by atoms with Gasteiger partial charge >= 0.3 is 0 Å². The normalized spacial score (nSPS) is 23.8. The third kappa shape index (κ3) is 2.33. The number of hydrogen-bond donors (Lipinski definition) is 0. The lowest BCUT2D eigenvalue weighted by Gasteiger charge is -2.34. The summed E-state index contributed by atoms with van der Waals surface area (Å²) in [5, 5.41) is 4.32. The number of carbonyl (C=O) groups excluding carboxylic acids is 1. The number of aromatic nitrogens is 2. The zero-order valence-corrected chi connectivity index (χ0v) is 11.1. The summed E-state index contributed by atoms with van der Waals surface area (Å²) in [7, 11) is 0. The van der Waals surface area contributed by atoms with Gasteiger partial charge in [-0.2, -0.15) is 5.10 Å². The maximum Gasteiger partial charge on any atom is 0.274 e. The molecule has 2 atom stereocenters. The molecule has 0 N–H and O–H groups in total. The van der Waals surface area contributed by atoms with Crippen LogP contribution in [0.25, 0.3) is 5.52 Å². The molecular weight excluding hydrogens is 242 g/mol. The topological polar surface area (TPSA) is 46.8 Å². The number of morpholine rings is 1. The first-order valence-corrected chi connectivity index (χ1v) is 6.52. The van der Waals surface area contributed by atoms with Crippen molar-refractivity contribution in [3.05, 3.63) is 36.2 Å². The van der Waals surface area contributed by atoms with Crippen LogP contribution in [0.3, 0.4) is 0 Å². The average Bonchev–Trinajstić information content (AvgIpc) is 2.80. The number of amides is 1. The SMILES string of the molecule is CC1CN(C(=O)c2cc3ccccn3n2)CC(C)O1. The maximum atomic E-state index is 12.5. The van der Waals surface area contributed by atoms with Gasteiger partial charge in [0.15, 0.2) is 5.69 Å². The van der Waals surface area contributed by atoms with Gasteiger partial charge in [-0.25, -0.2) is 4.52 Å². The summed E-state index contributed by atoms with van der Waals surface area (Å²) in [5.41, 5.74) is 1.42. The van der Waals surface area contributed by atoms with Gasteiger partial charge in [-0.3, -0.25) is 4.79 Å². The minimum Gasteiger partial charge on any atom is -0.372 e. The molecule has 0 spiro atoms. The van der Waals surface area contributed by atoms with E-state index in [1.807, 2.05) is 49.2 Å². The van der Waals surface area contributed by atoms with Gasteiger partial charge in [0, 0.05) is 19.3 Å². The molecule has 0 bridgehead atoms. The van der Waals surface area contributed by atoms with Gasteiger partial charge in [0.25, 0.3) is 5.91 Å². The Kier molecular flexibility index (Phi) is 2.98. The van der Waals surface area contributed by atoms with Crippen molar-refractivity contribution in [1.82, 2.24) is 14.5 Å². The Morgan fingerprint density at radius 1 is 1.32 bits per heavy atom. The van der Waals surface area contributed by atoms with Gasteiger partial charge in [0.2, 0.25) is 0 Å². The van der Waals surface area contributed by atoms with E-state index < -0.39 is 0 Å². The van der Waals surface area contributed by atoms with Crippen molar-refractivity contribution in [2.75, 3.05) is 13.1 Å².